The van der Waals surface area contributed by atoms with Gasteiger partial charge in [0.1, 0.15) is 17.3 Å². The predicted molar refractivity (Wildman–Crippen MR) is 81.7 cm³/mol. The molecule has 0 aliphatic carbocycles. The number of anilines is 1. The van der Waals surface area contributed by atoms with Crippen LogP contribution in [0.15, 0.2) is 34.8 Å². The molecule has 7 heteroatoms. The minimum absolute atomic E-state index is 0.0154. The zero-order chi connectivity index (χ0) is 15.6. The molecular weight excluding hydrogens is 365 g/mol. The lowest BCUT2D eigenvalue weighted by Crippen LogP contribution is -2.13. The average molecular weight is 375 g/mol. The highest BCUT2D eigenvalue weighted by Crippen LogP contribution is 2.33. The molecule has 0 saturated carbocycles. The lowest BCUT2D eigenvalue weighted by atomic mass is 10.1. The second-order valence-electron chi connectivity index (χ2n) is 4.08. The van der Waals surface area contributed by atoms with Crippen LogP contribution in [-0.2, 0) is 0 Å². The van der Waals surface area contributed by atoms with Gasteiger partial charge in [-0.3, -0.25) is 4.79 Å². The molecule has 110 valence electrons. The van der Waals surface area contributed by atoms with Crippen LogP contribution in [-0.4, -0.2) is 18.1 Å². The number of nitrogens with one attached hydrogen (secondary N) is 1. The molecule has 2 rings (SSSR count). The Morgan fingerprint density at radius 1 is 1.38 bits per heavy atom. The molecule has 0 spiro atoms. The number of phenols is 1. The van der Waals surface area contributed by atoms with Crippen LogP contribution < -0.4 is 10.1 Å². The molecule has 0 atom stereocenters. The number of ether oxygens (including phenoxy) is 1. The van der Waals surface area contributed by atoms with Gasteiger partial charge in [0.2, 0.25) is 0 Å². The molecule has 4 nitrogen and oxygen atoms in total. The van der Waals surface area contributed by atoms with Gasteiger partial charge in [0, 0.05) is 4.47 Å². The molecule has 0 fully saturated rings. The molecule has 0 aliphatic heterocycles. The number of aromatic hydroxyl groups is 1. The minimum atomic E-state index is -0.597. The number of benzene rings is 2. The summed E-state index contributed by atoms with van der Waals surface area (Å²) in [4.78, 5) is 12.2. The first-order chi connectivity index (χ1) is 9.92. The molecule has 0 aromatic heterocycles. The molecule has 0 bridgehead atoms. The van der Waals surface area contributed by atoms with Crippen LogP contribution in [0.3, 0.4) is 0 Å². The van der Waals surface area contributed by atoms with Gasteiger partial charge in [0.25, 0.3) is 5.91 Å². The van der Waals surface area contributed by atoms with E-state index in [0.29, 0.717) is 10.2 Å². The van der Waals surface area contributed by atoms with E-state index in [1.165, 1.54) is 31.4 Å². The molecule has 2 aromatic rings. The maximum absolute atomic E-state index is 13.1. The summed E-state index contributed by atoms with van der Waals surface area (Å²) in [6.07, 6.45) is 0. The predicted octanol–water partition coefficient (Wildman–Crippen LogP) is 4.21. The van der Waals surface area contributed by atoms with Crippen LogP contribution in [0.1, 0.15) is 10.4 Å². The van der Waals surface area contributed by atoms with E-state index in [1.807, 2.05) is 0 Å². The van der Waals surface area contributed by atoms with Gasteiger partial charge in [-0.05, 0) is 46.3 Å². The summed E-state index contributed by atoms with van der Waals surface area (Å²) >= 11 is 9.01. The van der Waals surface area contributed by atoms with Crippen molar-refractivity contribution in [2.24, 2.45) is 0 Å². The Morgan fingerprint density at radius 3 is 2.71 bits per heavy atom. The van der Waals surface area contributed by atoms with E-state index in [1.54, 1.807) is 0 Å². The second kappa shape index (κ2) is 6.32. The topological polar surface area (TPSA) is 58.6 Å². The van der Waals surface area contributed by atoms with Gasteiger partial charge in [0.15, 0.2) is 0 Å². The Balaban J connectivity index is 2.35. The highest BCUT2D eigenvalue weighted by Gasteiger charge is 2.16. The first kappa shape index (κ1) is 15.6. The van der Waals surface area contributed by atoms with E-state index in [2.05, 4.69) is 21.2 Å². The summed E-state index contributed by atoms with van der Waals surface area (Å²) < 4.78 is 18.4. The minimum Gasteiger partial charge on any atom is -0.507 e. The fourth-order valence-corrected chi connectivity index (χ4v) is 2.57. The number of hydrogen-bond acceptors (Lipinski definition) is 3. The fourth-order valence-electron chi connectivity index (χ4n) is 1.67. The van der Waals surface area contributed by atoms with E-state index < -0.39 is 11.7 Å². The Labute approximate surface area is 133 Å². The van der Waals surface area contributed by atoms with E-state index in [-0.39, 0.29) is 22.0 Å². The highest BCUT2D eigenvalue weighted by molar-refractivity contribution is 9.10. The monoisotopic (exact) mass is 373 g/mol. The maximum Gasteiger partial charge on any atom is 0.259 e. The number of carbonyl (C=O) groups excluding carboxylic acids is 1. The molecule has 2 N–H and O–H groups in total. The average Bonchev–Trinajstić information content (AvgIpc) is 2.43. The normalized spacial score (nSPS) is 10.3. The third-order valence-corrected chi connectivity index (χ3v) is 3.62. The third kappa shape index (κ3) is 3.46. The van der Waals surface area contributed by atoms with Crippen LogP contribution in [0, 0.1) is 5.82 Å². The quantitative estimate of drug-likeness (QED) is 0.846. The summed E-state index contributed by atoms with van der Waals surface area (Å²) in [7, 11) is 1.45. The molecule has 2 aromatic carbocycles. The largest absolute Gasteiger partial charge is 0.507 e. The Morgan fingerprint density at radius 2 is 2.10 bits per heavy atom. The number of carbonyl (C=O) groups is 1. The van der Waals surface area contributed by atoms with Gasteiger partial charge in [-0.1, -0.05) is 11.6 Å². The first-order valence-corrected chi connectivity index (χ1v) is 6.92. The summed E-state index contributed by atoms with van der Waals surface area (Å²) in [5.74, 6) is -0.917. The number of hydrogen-bond donors (Lipinski definition) is 2. The van der Waals surface area contributed by atoms with Crippen LogP contribution >= 0.6 is 27.5 Å². The number of methoxy groups -OCH3 is 1. The van der Waals surface area contributed by atoms with Crippen molar-refractivity contribution in [1.29, 1.82) is 0 Å². The number of halogens is 3. The number of rotatable bonds is 3. The SMILES string of the molecule is COc1ccc(O)c(C(=O)Nc2c(Cl)cc(F)cc2Br)c1. The van der Waals surface area contributed by atoms with Crippen molar-refractivity contribution in [3.8, 4) is 11.5 Å². The lowest BCUT2D eigenvalue weighted by molar-refractivity contribution is 0.102. The second-order valence-corrected chi connectivity index (χ2v) is 5.34. The Bertz CT molecular complexity index is 686. The molecule has 1 amide bonds. The molecule has 0 aliphatic rings. The Kier molecular flexibility index (Phi) is 4.69. The van der Waals surface area contributed by atoms with Gasteiger partial charge in [0.05, 0.1) is 23.4 Å². The zero-order valence-electron chi connectivity index (χ0n) is 10.8. The van der Waals surface area contributed by atoms with Gasteiger partial charge < -0.3 is 15.2 Å². The Hall–Kier alpha value is -1.79. The van der Waals surface area contributed by atoms with Gasteiger partial charge in [-0.2, -0.15) is 0 Å². The van der Waals surface area contributed by atoms with Crippen molar-refractivity contribution in [2.45, 2.75) is 0 Å². The van der Waals surface area contributed by atoms with Crippen LogP contribution in [0.4, 0.5) is 10.1 Å². The molecule has 0 heterocycles. The van der Waals surface area contributed by atoms with E-state index in [9.17, 15) is 14.3 Å². The fraction of sp³-hybridized carbons (Fsp3) is 0.0714. The summed E-state index contributed by atoms with van der Waals surface area (Å²) in [6, 6.07) is 6.50. The van der Waals surface area contributed by atoms with Crippen LogP contribution in [0.5, 0.6) is 11.5 Å². The molecule has 21 heavy (non-hydrogen) atoms. The van der Waals surface area contributed by atoms with Crippen molar-refractivity contribution in [3.63, 3.8) is 0 Å². The molecular formula is C14H10BrClFNO3. The van der Waals surface area contributed by atoms with Crippen molar-refractivity contribution in [2.75, 3.05) is 12.4 Å². The standard InChI is InChI=1S/C14H10BrClFNO3/c1-21-8-2-3-12(19)9(6-8)14(20)18-13-10(15)4-7(17)5-11(13)16/h2-6,19H,1H3,(H,18,20). The zero-order valence-corrected chi connectivity index (χ0v) is 13.1. The lowest BCUT2D eigenvalue weighted by Gasteiger charge is -2.11. The van der Waals surface area contributed by atoms with Crippen LogP contribution in [0.2, 0.25) is 5.02 Å². The van der Waals surface area contributed by atoms with E-state index in [0.717, 1.165) is 6.07 Å². The van der Waals surface area contributed by atoms with Crippen molar-refractivity contribution < 1.29 is 19.0 Å². The maximum atomic E-state index is 13.1. The van der Waals surface area contributed by atoms with E-state index in [4.69, 9.17) is 16.3 Å². The summed E-state index contributed by atoms with van der Waals surface area (Å²) in [5.41, 5.74) is 0.229. The van der Waals surface area contributed by atoms with Gasteiger partial charge in [-0.25, -0.2) is 4.39 Å². The van der Waals surface area contributed by atoms with Gasteiger partial charge in [-0.15, -0.1) is 0 Å². The third-order valence-electron chi connectivity index (χ3n) is 2.69. The summed E-state index contributed by atoms with van der Waals surface area (Å²) in [5, 5.41) is 12.3. The van der Waals surface area contributed by atoms with E-state index >= 15 is 0 Å². The first-order valence-electron chi connectivity index (χ1n) is 5.75. The van der Waals surface area contributed by atoms with Crippen LogP contribution in [0.25, 0.3) is 0 Å². The van der Waals surface area contributed by atoms with Crippen molar-refractivity contribution in [3.05, 3.63) is 51.2 Å². The van der Waals surface area contributed by atoms with Gasteiger partial charge >= 0.3 is 0 Å². The smallest absolute Gasteiger partial charge is 0.259 e. The molecule has 0 radical (unpaired) electrons. The summed E-state index contributed by atoms with van der Waals surface area (Å²) in [6.45, 7) is 0. The highest BCUT2D eigenvalue weighted by atomic mass is 79.9. The van der Waals surface area contributed by atoms with Crippen molar-refractivity contribution in [1.82, 2.24) is 0 Å². The molecule has 0 unspecified atom stereocenters. The van der Waals surface area contributed by atoms with Crippen molar-refractivity contribution >= 4 is 39.1 Å². The number of amides is 1. The number of phenolic OH excluding ortho intramolecular Hbond substituents is 1. The molecule has 0 saturated heterocycles.